The van der Waals surface area contributed by atoms with Crippen LogP contribution in [-0.4, -0.2) is 0 Å². The van der Waals surface area contributed by atoms with Crippen molar-refractivity contribution < 1.29 is 0 Å². The molecule has 0 aliphatic heterocycles. The van der Waals surface area contributed by atoms with Crippen LogP contribution in [0.4, 0.5) is 17.1 Å². The molecule has 5 aliphatic rings. The summed E-state index contributed by atoms with van der Waals surface area (Å²) in [4.78, 5) is 2.41. The first kappa shape index (κ1) is 30.9. The van der Waals surface area contributed by atoms with E-state index in [9.17, 15) is 0 Å². The van der Waals surface area contributed by atoms with Crippen LogP contribution in [-0.2, 0) is 5.41 Å². The summed E-state index contributed by atoms with van der Waals surface area (Å²) in [5.41, 5.74) is 17.3. The van der Waals surface area contributed by atoms with E-state index in [1.165, 1.54) is 76.6 Å². The minimum Gasteiger partial charge on any atom is -0.310 e. The van der Waals surface area contributed by atoms with E-state index in [0.717, 1.165) is 40.7 Å². The van der Waals surface area contributed by atoms with Crippen molar-refractivity contribution in [2.75, 3.05) is 4.90 Å². The van der Waals surface area contributed by atoms with Gasteiger partial charge in [-0.25, -0.2) is 0 Å². The van der Waals surface area contributed by atoms with Gasteiger partial charge in [0.1, 0.15) is 0 Å². The average Bonchev–Trinajstić information content (AvgIpc) is 3.51. The van der Waals surface area contributed by atoms with Gasteiger partial charge >= 0.3 is 0 Å². The number of hydrogen-bond acceptors (Lipinski definition) is 1. The van der Waals surface area contributed by atoms with Gasteiger partial charge in [-0.15, -0.1) is 0 Å². The third-order valence-corrected chi connectivity index (χ3v) is 13.5. The summed E-state index contributed by atoms with van der Waals surface area (Å²) in [5.74, 6) is 3.49. The first-order valence-electron chi connectivity index (χ1n) is 19.7. The Morgan fingerprint density at radius 2 is 0.830 bits per heavy atom. The number of anilines is 3. The molecular formula is C52H43N. The van der Waals surface area contributed by atoms with Gasteiger partial charge in [0.25, 0.3) is 0 Å². The van der Waals surface area contributed by atoms with Crippen molar-refractivity contribution in [3.8, 4) is 44.5 Å². The van der Waals surface area contributed by atoms with Gasteiger partial charge in [0.2, 0.25) is 0 Å². The summed E-state index contributed by atoms with van der Waals surface area (Å²) < 4.78 is 0. The van der Waals surface area contributed by atoms with Gasteiger partial charge in [-0.1, -0.05) is 140 Å². The Bertz CT molecular complexity index is 2410. The number of benzene rings is 7. The van der Waals surface area contributed by atoms with Gasteiger partial charge in [-0.3, -0.25) is 0 Å². The molecule has 0 radical (unpaired) electrons. The Hall–Kier alpha value is -5.66. The molecule has 12 rings (SSSR count). The van der Waals surface area contributed by atoms with Gasteiger partial charge in [-0.2, -0.15) is 0 Å². The number of para-hydroxylation sites is 1. The smallest absolute Gasteiger partial charge is 0.0540 e. The summed E-state index contributed by atoms with van der Waals surface area (Å²) in [7, 11) is 0. The van der Waals surface area contributed by atoms with E-state index in [4.69, 9.17) is 0 Å². The van der Waals surface area contributed by atoms with E-state index in [2.05, 4.69) is 181 Å². The molecule has 4 fully saturated rings. The quantitative estimate of drug-likeness (QED) is 0.169. The predicted molar refractivity (Wildman–Crippen MR) is 221 cm³/mol. The van der Waals surface area contributed by atoms with Gasteiger partial charge in [0.05, 0.1) is 5.69 Å². The van der Waals surface area contributed by atoms with Crippen LogP contribution in [0.3, 0.4) is 0 Å². The highest BCUT2D eigenvalue weighted by Gasteiger charge is 2.61. The highest BCUT2D eigenvalue weighted by Crippen LogP contribution is 2.69. The van der Waals surface area contributed by atoms with Crippen LogP contribution in [0, 0.1) is 23.7 Å². The molecule has 1 heteroatoms. The molecule has 1 spiro atoms. The predicted octanol–water partition coefficient (Wildman–Crippen LogP) is 13.9. The van der Waals surface area contributed by atoms with Gasteiger partial charge in [0.15, 0.2) is 0 Å². The van der Waals surface area contributed by atoms with Crippen LogP contribution in [0.25, 0.3) is 44.5 Å². The molecule has 1 nitrogen and oxygen atoms in total. The standard InChI is InChI=1S/C52H43N/c1-3-11-37(12-4-1)38-19-24-44(25-20-38)53(51-18-10-8-15-46(51)40-13-5-2-6-14-40)45-26-21-39(22-27-45)41-23-28-50-48(34-41)47-16-7-9-17-49(47)52(50)42-30-35-29-36(32-42)33-43(52)31-35/h1-28,34-36,42-43H,29-33H2. The Balaban J connectivity index is 0.993. The highest BCUT2D eigenvalue weighted by molar-refractivity contribution is 5.90. The van der Waals surface area contributed by atoms with Crippen LogP contribution in [0.2, 0.25) is 0 Å². The number of hydrogen-bond donors (Lipinski definition) is 0. The number of fused-ring (bicyclic) bond motifs is 3. The van der Waals surface area contributed by atoms with Crippen molar-refractivity contribution >= 4 is 17.1 Å². The molecule has 7 aromatic carbocycles. The van der Waals surface area contributed by atoms with E-state index in [-0.39, 0.29) is 5.41 Å². The summed E-state index contributed by atoms with van der Waals surface area (Å²) >= 11 is 0. The molecule has 7 aromatic rings. The molecule has 256 valence electrons. The van der Waals surface area contributed by atoms with Gasteiger partial charge < -0.3 is 4.90 Å². The maximum absolute atomic E-state index is 2.54. The van der Waals surface area contributed by atoms with Crippen LogP contribution >= 0.6 is 0 Å². The molecule has 5 aliphatic carbocycles. The lowest BCUT2D eigenvalue weighted by atomic mass is 9.43. The lowest BCUT2D eigenvalue weighted by molar-refractivity contribution is -0.0399. The van der Waals surface area contributed by atoms with Gasteiger partial charge in [-0.05, 0) is 142 Å². The third kappa shape index (κ3) is 4.83. The van der Waals surface area contributed by atoms with E-state index in [1.54, 1.807) is 11.1 Å². The molecule has 0 amide bonds. The lowest BCUT2D eigenvalue weighted by Crippen LogP contribution is -2.55. The minimum atomic E-state index is 0.213. The van der Waals surface area contributed by atoms with E-state index < -0.39 is 0 Å². The fourth-order valence-corrected chi connectivity index (χ4v) is 11.5. The molecule has 0 N–H and O–H groups in total. The Morgan fingerprint density at radius 1 is 0.358 bits per heavy atom. The Morgan fingerprint density at radius 3 is 1.47 bits per heavy atom. The minimum absolute atomic E-state index is 0.213. The average molecular weight is 682 g/mol. The van der Waals surface area contributed by atoms with E-state index >= 15 is 0 Å². The van der Waals surface area contributed by atoms with Crippen LogP contribution < -0.4 is 4.90 Å². The van der Waals surface area contributed by atoms with Crippen molar-refractivity contribution in [1.82, 2.24) is 0 Å². The molecular weight excluding hydrogens is 639 g/mol. The fourth-order valence-electron chi connectivity index (χ4n) is 11.5. The molecule has 0 saturated heterocycles. The molecule has 0 aromatic heterocycles. The number of nitrogens with zero attached hydrogens (tertiary/aromatic N) is 1. The maximum atomic E-state index is 2.54. The maximum Gasteiger partial charge on any atom is 0.0540 e. The van der Waals surface area contributed by atoms with Crippen molar-refractivity contribution in [3.63, 3.8) is 0 Å². The van der Waals surface area contributed by atoms with E-state index in [0.29, 0.717) is 0 Å². The lowest BCUT2D eigenvalue weighted by Gasteiger charge is -2.61. The largest absolute Gasteiger partial charge is 0.310 e. The zero-order valence-electron chi connectivity index (χ0n) is 30.0. The van der Waals surface area contributed by atoms with Gasteiger partial charge in [0, 0.05) is 22.4 Å². The molecule has 53 heavy (non-hydrogen) atoms. The first-order valence-corrected chi connectivity index (χ1v) is 19.7. The summed E-state index contributed by atoms with van der Waals surface area (Å²) in [6, 6.07) is 65.4. The summed E-state index contributed by atoms with van der Waals surface area (Å²) in [5, 5.41) is 0. The van der Waals surface area contributed by atoms with Crippen LogP contribution in [0.1, 0.15) is 43.2 Å². The first-order chi connectivity index (χ1) is 26.2. The zero-order chi connectivity index (χ0) is 34.9. The Kier molecular flexibility index (Phi) is 7.12. The van der Waals surface area contributed by atoms with Crippen molar-refractivity contribution in [2.24, 2.45) is 23.7 Å². The fraction of sp³-hybridized carbons (Fsp3) is 0.192. The second-order valence-corrected chi connectivity index (χ2v) is 16.2. The topological polar surface area (TPSA) is 3.24 Å². The second-order valence-electron chi connectivity index (χ2n) is 16.2. The molecule has 4 saturated carbocycles. The van der Waals surface area contributed by atoms with Crippen LogP contribution in [0.15, 0.2) is 176 Å². The SMILES string of the molecule is c1ccc(-c2ccc(N(c3ccc(-c4ccc5c(c4)-c4ccccc4C54C5CC6CC(C5)CC4C6)cc3)c3ccccc3-c3ccccc3)cc2)cc1. The molecule has 0 heterocycles. The molecule has 4 bridgehead atoms. The normalized spacial score (nSPS) is 23.2. The third-order valence-electron chi connectivity index (χ3n) is 13.5. The van der Waals surface area contributed by atoms with E-state index in [1.807, 2.05) is 0 Å². The molecule has 0 atom stereocenters. The van der Waals surface area contributed by atoms with Crippen molar-refractivity contribution in [2.45, 2.75) is 37.5 Å². The highest BCUT2D eigenvalue weighted by atomic mass is 15.1. The zero-order valence-corrected chi connectivity index (χ0v) is 30.0. The second kappa shape index (κ2) is 12.2. The number of rotatable bonds is 6. The van der Waals surface area contributed by atoms with Crippen molar-refractivity contribution in [1.29, 1.82) is 0 Å². The Labute approximate surface area is 313 Å². The summed E-state index contributed by atoms with van der Waals surface area (Å²) in [6.07, 6.45) is 7.16. The van der Waals surface area contributed by atoms with Crippen molar-refractivity contribution in [3.05, 3.63) is 187 Å². The molecule has 0 unspecified atom stereocenters. The summed E-state index contributed by atoms with van der Waals surface area (Å²) in [6.45, 7) is 0. The monoisotopic (exact) mass is 681 g/mol. The van der Waals surface area contributed by atoms with Crippen LogP contribution in [0.5, 0.6) is 0 Å².